The van der Waals surface area contributed by atoms with Crippen molar-refractivity contribution in [1.29, 1.82) is 0 Å². The van der Waals surface area contributed by atoms with Gasteiger partial charge in [-0.15, -0.1) is 0 Å². The number of nitrogens with zero attached hydrogens (tertiary/aromatic N) is 4. The Balaban J connectivity index is 1.20. The predicted molar refractivity (Wildman–Crippen MR) is 171 cm³/mol. The number of amides is 2. The summed E-state index contributed by atoms with van der Waals surface area (Å²) >= 11 is 0. The van der Waals surface area contributed by atoms with E-state index < -0.39 is 11.9 Å². The first-order valence-electron chi connectivity index (χ1n) is 15.7. The number of anilines is 1. The van der Waals surface area contributed by atoms with Crippen LogP contribution in [0.2, 0.25) is 0 Å². The molecule has 1 aromatic heterocycles. The molecule has 1 aliphatic carbocycles. The van der Waals surface area contributed by atoms with Crippen LogP contribution in [0.4, 0.5) is 5.95 Å². The minimum atomic E-state index is -0.831. The number of nitrogens with two attached hydrogens (primary N) is 1. The molecule has 3 aromatic carbocycles. The Morgan fingerprint density at radius 3 is 2.33 bits per heavy atom. The Kier molecular flexibility index (Phi) is 8.74. The third-order valence-electron chi connectivity index (χ3n) is 9.29. The van der Waals surface area contributed by atoms with Gasteiger partial charge in [-0.25, -0.2) is 4.98 Å². The SMILES string of the molecule is CCN1CCN(c2nc3ccccc3n2Cc2ccc(C3CCCCC3C(=O)NC(C(N)=O)c3ccccc3)cc2)CC1. The highest BCUT2D eigenvalue weighted by Gasteiger charge is 2.34. The van der Waals surface area contributed by atoms with Crippen LogP contribution in [-0.4, -0.2) is 59.0 Å². The molecule has 3 unspecified atom stereocenters. The van der Waals surface area contributed by atoms with E-state index in [1.54, 1.807) is 0 Å². The second kappa shape index (κ2) is 13.0. The van der Waals surface area contributed by atoms with E-state index in [-0.39, 0.29) is 17.7 Å². The molecule has 1 saturated carbocycles. The average Bonchev–Trinajstić information content (AvgIpc) is 3.42. The van der Waals surface area contributed by atoms with Crippen LogP contribution in [0.5, 0.6) is 0 Å². The summed E-state index contributed by atoms with van der Waals surface area (Å²) < 4.78 is 2.34. The molecule has 2 aliphatic rings. The van der Waals surface area contributed by atoms with E-state index in [0.29, 0.717) is 5.56 Å². The number of likely N-dealkylation sites (N-methyl/N-ethyl adjacent to an activating group) is 1. The number of para-hydroxylation sites is 2. The number of piperazine rings is 1. The fraction of sp³-hybridized carbons (Fsp3) is 0.400. The number of primary amides is 1. The van der Waals surface area contributed by atoms with Gasteiger partial charge in [-0.2, -0.15) is 0 Å². The predicted octanol–water partition coefficient (Wildman–Crippen LogP) is 4.84. The van der Waals surface area contributed by atoms with Crippen molar-refractivity contribution in [2.24, 2.45) is 11.7 Å². The molecule has 6 rings (SSSR count). The van der Waals surface area contributed by atoms with Crippen LogP contribution >= 0.6 is 0 Å². The molecule has 3 N–H and O–H groups in total. The molecular weight excluding hydrogens is 536 g/mol. The highest BCUT2D eigenvalue weighted by atomic mass is 16.2. The molecule has 8 nitrogen and oxygen atoms in total. The van der Waals surface area contributed by atoms with Crippen molar-refractivity contribution in [3.8, 4) is 0 Å². The number of hydrogen-bond donors (Lipinski definition) is 2. The molecule has 8 heteroatoms. The minimum absolute atomic E-state index is 0.0980. The fourth-order valence-electron chi connectivity index (χ4n) is 6.83. The number of hydrogen-bond acceptors (Lipinski definition) is 5. The smallest absolute Gasteiger partial charge is 0.244 e. The molecular formula is C35H42N6O2. The molecule has 3 atom stereocenters. The summed E-state index contributed by atoms with van der Waals surface area (Å²) in [7, 11) is 0. The van der Waals surface area contributed by atoms with Crippen LogP contribution in [-0.2, 0) is 16.1 Å². The zero-order valence-corrected chi connectivity index (χ0v) is 25.0. The monoisotopic (exact) mass is 578 g/mol. The highest BCUT2D eigenvalue weighted by Crippen LogP contribution is 2.38. The summed E-state index contributed by atoms with van der Waals surface area (Å²) in [5, 5.41) is 2.97. The first kappa shape index (κ1) is 28.9. The molecule has 1 aliphatic heterocycles. The van der Waals surface area contributed by atoms with E-state index in [1.807, 2.05) is 30.3 Å². The van der Waals surface area contributed by atoms with E-state index in [2.05, 4.69) is 75.1 Å². The summed E-state index contributed by atoms with van der Waals surface area (Å²) in [6, 6.07) is 25.6. The van der Waals surface area contributed by atoms with Gasteiger partial charge in [0.15, 0.2) is 0 Å². The van der Waals surface area contributed by atoms with Gasteiger partial charge < -0.3 is 25.4 Å². The maximum atomic E-state index is 13.6. The lowest BCUT2D eigenvalue weighted by Crippen LogP contribution is -2.47. The van der Waals surface area contributed by atoms with Crippen molar-refractivity contribution in [2.75, 3.05) is 37.6 Å². The number of benzene rings is 3. The lowest BCUT2D eigenvalue weighted by atomic mass is 9.74. The van der Waals surface area contributed by atoms with E-state index in [9.17, 15) is 9.59 Å². The van der Waals surface area contributed by atoms with Gasteiger partial charge in [0.05, 0.1) is 17.6 Å². The lowest BCUT2D eigenvalue weighted by molar-refractivity contribution is -0.131. The molecule has 43 heavy (non-hydrogen) atoms. The topological polar surface area (TPSA) is 96.5 Å². The number of rotatable bonds is 9. The molecule has 224 valence electrons. The van der Waals surface area contributed by atoms with Gasteiger partial charge in [0, 0.05) is 32.1 Å². The van der Waals surface area contributed by atoms with Crippen molar-refractivity contribution >= 4 is 28.8 Å². The van der Waals surface area contributed by atoms with E-state index in [0.717, 1.165) is 81.9 Å². The maximum absolute atomic E-state index is 13.6. The zero-order valence-electron chi connectivity index (χ0n) is 25.0. The average molecular weight is 579 g/mol. The normalized spacial score (nSPS) is 20.2. The second-order valence-corrected chi connectivity index (χ2v) is 11.9. The van der Waals surface area contributed by atoms with Gasteiger partial charge in [-0.1, -0.05) is 86.5 Å². The molecule has 2 amide bonds. The van der Waals surface area contributed by atoms with Crippen LogP contribution in [0, 0.1) is 5.92 Å². The molecule has 2 fully saturated rings. The van der Waals surface area contributed by atoms with Gasteiger partial charge in [0.1, 0.15) is 6.04 Å². The van der Waals surface area contributed by atoms with E-state index in [1.165, 1.54) is 11.1 Å². The van der Waals surface area contributed by atoms with Crippen molar-refractivity contribution in [3.05, 3.63) is 95.6 Å². The molecule has 0 bridgehead atoms. The fourth-order valence-corrected chi connectivity index (χ4v) is 6.83. The number of aromatic nitrogens is 2. The van der Waals surface area contributed by atoms with Crippen LogP contribution in [0.1, 0.15) is 61.3 Å². The Bertz CT molecular complexity index is 1540. The van der Waals surface area contributed by atoms with Crippen molar-refractivity contribution in [2.45, 2.75) is 51.1 Å². The quantitative estimate of drug-likeness (QED) is 0.296. The van der Waals surface area contributed by atoms with Gasteiger partial charge in [0.25, 0.3) is 0 Å². The van der Waals surface area contributed by atoms with Gasteiger partial charge in [0.2, 0.25) is 17.8 Å². The van der Waals surface area contributed by atoms with Gasteiger partial charge in [-0.05, 0) is 54.1 Å². The van der Waals surface area contributed by atoms with Crippen molar-refractivity contribution in [1.82, 2.24) is 19.8 Å². The summed E-state index contributed by atoms with van der Waals surface area (Å²) in [5.41, 5.74) is 11.0. The number of nitrogens with one attached hydrogen (secondary N) is 1. The van der Waals surface area contributed by atoms with Crippen LogP contribution in [0.15, 0.2) is 78.9 Å². The van der Waals surface area contributed by atoms with E-state index in [4.69, 9.17) is 10.7 Å². The number of fused-ring (bicyclic) bond motifs is 1. The molecule has 0 spiro atoms. The minimum Gasteiger partial charge on any atom is -0.368 e. The summed E-state index contributed by atoms with van der Waals surface area (Å²) in [6.07, 6.45) is 3.84. The summed E-state index contributed by atoms with van der Waals surface area (Å²) in [4.78, 5) is 35.8. The largest absolute Gasteiger partial charge is 0.368 e. The number of imidazole rings is 1. The third-order valence-corrected chi connectivity index (χ3v) is 9.29. The third kappa shape index (κ3) is 6.30. The molecule has 1 saturated heterocycles. The van der Waals surface area contributed by atoms with Crippen LogP contribution < -0.4 is 16.0 Å². The van der Waals surface area contributed by atoms with Gasteiger partial charge in [-0.3, -0.25) is 9.59 Å². The molecule has 2 heterocycles. The van der Waals surface area contributed by atoms with Crippen LogP contribution in [0.3, 0.4) is 0 Å². The summed E-state index contributed by atoms with van der Waals surface area (Å²) in [5.74, 6) is 0.296. The van der Waals surface area contributed by atoms with Crippen LogP contribution in [0.25, 0.3) is 11.0 Å². The maximum Gasteiger partial charge on any atom is 0.244 e. The first-order chi connectivity index (χ1) is 21.0. The van der Waals surface area contributed by atoms with E-state index >= 15 is 0 Å². The molecule has 0 radical (unpaired) electrons. The Morgan fingerprint density at radius 1 is 0.907 bits per heavy atom. The van der Waals surface area contributed by atoms with Crippen molar-refractivity contribution < 1.29 is 9.59 Å². The highest BCUT2D eigenvalue weighted by molar-refractivity contribution is 5.89. The number of carbonyl (C=O) groups excluding carboxylic acids is 2. The first-order valence-corrected chi connectivity index (χ1v) is 15.7. The van der Waals surface area contributed by atoms with Crippen molar-refractivity contribution in [3.63, 3.8) is 0 Å². The second-order valence-electron chi connectivity index (χ2n) is 11.9. The van der Waals surface area contributed by atoms with Gasteiger partial charge >= 0.3 is 0 Å². The standard InChI is InChI=1S/C35H42N6O2/c1-2-39-20-22-40(23-21-39)35-37-30-14-8-9-15-31(30)41(35)24-25-16-18-26(19-17-25)28-12-6-7-13-29(28)34(43)38-32(33(36)42)27-10-4-3-5-11-27/h3-5,8-11,14-19,28-29,32H,2,6-7,12-13,20-24H2,1H3,(H2,36,42)(H,38,43). The number of carbonyl (C=O) groups is 2. The Hall–Kier alpha value is -4.17. The lowest BCUT2D eigenvalue weighted by Gasteiger charge is -2.35. The zero-order chi connectivity index (χ0) is 29.8. The Labute approximate surface area is 253 Å². The molecule has 4 aromatic rings. The summed E-state index contributed by atoms with van der Waals surface area (Å²) in [6.45, 7) is 8.09. The Morgan fingerprint density at radius 2 is 1.60 bits per heavy atom.